The lowest BCUT2D eigenvalue weighted by atomic mass is 10.1. The first-order chi connectivity index (χ1) is 11.1. The molecule has 0 aromatic carbocycles. The third kappa shape index (κ3) is 4.02. The van der Waals surface area contributed by atoms with Crippen LogP contribution in [0, 0.1) is 0 Å². The van der Waals surface area contributed by atoms with Gasteiger partial charge >= 0.3 is 0 Å². The molecule has 3 rings (SSSR count). The van der Waals surface area contributed by atoms with Crippen molar-refractivity contribution in [1.82, 2.24) is 20.0 Å². The molecule has 3 saturated heterocycles. The molecule has 0 radical (unpaired) electrons. The lowest BCUT2D eigenvalue weighted by molar-refractivity contribution is -0.145. The highest BCUT2D eigenvalue weighted by molar-refractivity contribution is 5.83. The molecule has 7 nitrogen and oxygen atoms in total. The molecule has 3 fully saturated rings. The van der Waals surface area contributed by atoms with Gasteiger partial charge in [-0.15, -0.1) is 0 Å². The van der Waals surface area contributed by atoms with E-state index in [9.17, 15) is 9.59 Å². The van der Waals surface area contributed by atoms with Crippen molar-refractivity contribution in [3.8, 4) is 0 Å². The number of piperazine rings is 1. The molecule has 130 valence electrons. The Morgan fingerprint density at radius 2 is 1.70 bits per heavy atom. The van der Waals surface area contributed by atoms with Gasteiger partial charge in [0, 0.05) is 32.7 Å². The van der Waals surface area contributed by atoms with Gasteiger partial charge in [-0.25, -0.2) is 0 Å². The summed E-state index contributed by atoms with van der Waals surface area (Å²) in [7, 11) is 0. The van der Waals surface area contributed by atoms with E-state index in [2.05, 4.69) is 10.2 Å². The molecule has 3 heterocycles. The number of carbonyl (C=O) groups is 2. The summed E-state index contributed by atoms with van der Waals surface area (Å²) in [6.07, 6.45) is 2.31. The summed E-state index contributed by atoms with van der Waals surface area (Å²) in [5, 5.41) is 3.24. The molecule has 3 aliphatic rings. The zero-order valence-corrected chi connectivity index (χ0v) is 14.0. The van der Waals surface area contributed by atoms with E-state index in [-0.39, 0.29) is 24.0 Å². The van der Waals surface area contributed by atoms with Crippen molar-refractivity contribution in [3.05, 3.63) is 0 Å². The number of likely N-dealkylation sites (tertiary alicyclic amines) is 1. The smallest absolute Gasteiger partial charge is 0.242 e. The van der Waals surface area contributed by atoms with E-state index in [1.807, 2.05) is 16.7 Å². The Labute approximate surface area is 137 Å². The number of morpholine rings is 1. The summed E-state index contributed by atoms with van der Waals surface area (Å²) < 4.78 is 5.56. The quantitative estimate of drug-likeness (QED) is 0.731. The Bertz CT molecular complexity index is 431. The topological polar surface area (TPSA) is 65.1 Å². The average molecular weight is 324 g/mol. The van der Waals surface area contributed by atoms with E-state index < -0.39 is 0 Å². The van der Waals surface area contributed by atoms with E-state index in [0.717, 1.165) is 19.6 Å². The van der Waals surface area contributed by atoms with Gasteiger partial charge in [0.05, 0.1) is 19.3 Å². The number of carbonyl (C=O) groups excluding carboxylic acids is 2. The van der Waals surface area contributed by atoms with Gasteiger partial charge in [0.25, 0.3) is 0 Å². The average Bonchev–Trinajstić information content (AvgIpc) is 3.08. The van der Waals surface area contributed by atoms with Gasteiger partial charge in [-0.05, 0) is 32.9 Å². The number of hydrogen-bond donors (Lipinski definition) is 1. The summed E-state index contributed by atoms with van der Waals surface area (Å²) in [5.41, 5.74) is 0. The summed E-state index contributed by atoms with van der Waals surface area (Å²) >= 11 is 0. The van der Waals surface area contributed by atoms with Crippen molar-refractivity contribution in [2.24, 2.45) is 0 Å². The van der Waals surface area contributed by atoms with Crippen molar-refractivity contribution in [1.29, 1.82) is 0 Å². The Morgan fingerprint density at radius 3 is 2.35 bits per heavy atom. The molecule has 3 aliphatic heterocycles. The third-order valence-electron chi connectivity index (χ3n) is 5.08. The van der Waals surface area contributed by atoms with Crippen LogP contribution in [0.2, 0.25) is 0 Å². The number of hydrogen-bond acceptors (Lipinski definition) is 5. The van der Waals surface area contributed by atoms with Crippen LogP contribution in [0.5, 0.6) is 0 Å². The zero-order valence-electron chi connectivity index (χ0n) is 14.0. The number of nitrogens with zero attached hydrogens (tertiary/aromatic N) is 3. The van der Waals surface area contributed by atoms with Crippen LogP contribution in [0.4, 0.5) is 0 Å². The van der Waals surface area contributed by atoms with E-state index in [0.29, 0.717) is 39.3 Å². The Morgan fingerprint density at radius 1 is 1.04 bits per heavy atom. The van der Waals surface area contributed by atoms with Crippen LogP contribution in [0.3, 0.4) is 0 Å². The highest BCUT2D eigenvalue weighted by atomic mass is 16.5. The number of amides is 2. The molecule has 0 aliphatic carbocycles. The van der Waals surface area contributed by atoms with Gasteiger partial charge in [-0.2, -0.15) is 0 Å². The fourth-order valence-corrected chi connectivity index (χ4v) is 3.61. The number of rotatable bonds is 3. The minimum absolute atomic E-state index is 0.0916. The molecule has 2 atom stereocenters. The highest BCUT2D eigenvalue weighted by Gasteiger charge is 2.34. The second-order valence-electron chi connectivity index (χ2n) is 6.70. The minimum atomic E-state index is -0.254. The molecule has 23 heavy (non-hydrogen) atoms. The zero-order chi connectivity index (χ0) is 16.2. The second kappa shape index (κ2) is 7.59. The predicted molar refractivity (Wildman–Crippen MR) is 86.0 cm³/mol. The number of nitrogens with one attached hydrogen (secondary N) is 1. The van der Waals surface area contributed by atoms with Gasteiger partial charge in [0.1, 0.15) is 6.04 Å². The molecule has 0 aromatic rings. The van der Waals surface area contributed by atoms with Gasteiger partial charge in [0.2, 0.25) is 11.8 Å². The molecule has 7 heteroatoms. The first kappa shape index (κ1) is 16.7. The Balaban J connectivity index is 1.45. The Kier molecular flexibility index (Phi) is 5.50. The van der Waals surface area contributed by atoms with Gasteiger partial charge in [0.15, 0.2) is 0 Å². The SMILES string of the molecule is C[C@H]1OCCN[C@@H]1C(=O)N1CCN(C(=O)CN2CCCC2)CC1. The van der Waals surface area contributed by atoms with Crippen LogP contribution in [0.15, 0.2) is 0 Å². The monoisotopic (exact) mass is 324 g/mol. The fourth-order valence-electron chi connectivity index (χ4n) is 3.61. The number of ether oxygens (including phenoxy) is 1. The standard InChI is InChI=1S/C16H28N4O3/c1-13-15(17-4-11-23-13)16(22)20-9-7-19(8-10-20)14(21)12-18-5-2-3-6-18/h13,15,17H,2-12H2,1H3/t13-,15+/m1/s1. The first-order valence-corrected chi connectivity index (χ1v) is 8.79. The second-order valence-corrected chi connectivity index (χ2v) is 6.70. The minimum Gasteiger partial charge on any atom is -0.375 e. The largest absolute Gasteiger partial charge is 0.375 e. The third-order valence-corrected chi connectivity index (χ3v) is 5.08. The molecular formula is C16H28N4O3. The van der Waals surface area contributed by atoms with Crippen molar-refractivity contribution in [2.75, 3.05) is 59.0 Å². The molecule has 0 saturated carbocycles. The molecule has 2 amide bonds. The van der Waals surface area contributed by atoms with Crippen molar-refractivity contribution in [3.63, 3.8) is 0 Å². The molecular weight excluding hydrogens is 296 g/mol. The van der Waals surface area contributed by atoms with Crippen LogP contribution in [-0.4, -0.2) is 97.6 Å². The van der Waals surface area contributed by atoms with Crippen LogP contribution < -0.4 is 5.32 Å². The summed E-state index contributed by atoms with van der Waals surface area (Å²) in [6, 6.07) is -0.254. The predicted octanol–water partition coefficient (Wildman–Crippen LogP) is -0.870. The van der Waals surface area contributed by atoms with Crippen molar-refractivity contribution >= 4 is 11.8 Å². The molecule has 0 unspecified atom stereocenters. The van der Waals surface area contributed by atoms with E-state index in [4.69, 9.17) is 4.74 Å². The highest BCUT2D eigenvalue weighted by Crippen LogP contribution is 2.12. The van der Waals surface area contributed by atoms with Gasteiger partial charge in [-0.1, -0.05) is 0 Å². The van der Waals surface area contributed by atoms with Crippen molar-refractivity contribution < 1.29 is 14.3 Å². The lowest BCUT2D eigenvalue weighted by Crippen LogP contribution is -2.60. The molecule has 0 spiro atoms. The maximum atomic E-state index is 12.6. The van der Waals surface area contributed by atoms with E-state index >= 15 is 0 Å². The fraction of sp³-hybridized carbons (Fsp3) is 0.875. The lowest BCUT2D eigenvalue weighted by Gasteiger charge is -2.39. The summed E-state index contributed by atoms with van der Waals surface area (Å²) in [5.74, 6) is 0.301. The van der Waals surface area contributed by atoms with Gasteiger partial charge in [-0.3, -0.25) is 14.5 Å². The normalized spacial score (nSPS) is 29.8. The van der Waals surface area contributed by atoms with Crippen LogP contribution in [0.1, 0.15) is 19.8 Å². The van der Waals surface area contributed by atoms with E-state index in [1.54, 1.807) is 0 Å². The summed E-state index contributed by atoms with van der Waals surface area (Å²) in [6.45, 7) is 8.43. The first-order valence-electron chi connectivity index (χ1n) is 8.79. The van der Waals surface area contributed by atoms with Gasteiger partial charge < -0.3 is 19.9 Å². The van der Waals surface area contributed by atoms with E-state index in [1.165, 1.54) is 12.8 Å². The summed E-state index contributed by atoms with van der Waals surface area (Å²) in [4.78, 5) is 30.9. The Hall–Kier alpha value is -1.18. The van der Waals surface area contributed by atoms with Crippen LogP contribution >= 0.6 is 0 Å². The molecule has 0 bridgehead atoms. The van der Waals surface area contributed by atoms with Crippen LogP contribution in [0.25, 0.3) is 0 Å². The maximum Gasteiger partial charge on any atom is 0.242 e. The van der Waals surface area contributed by atoms with Crippen LogP contribution in [-0.2, 0) is 14.3 Å². The molecule has 1 N–H and O–H groups in total. The molecule has 0 aromatic heterocycles. The maximum absolute atomic E-state index is 12.6. The van der Waals surface area contributed by atoms with Crippen molar-refractivity contribution in [2.45, 2.75) is 31.9 Å².